The highest BCUT2D eigenvalue weighted by atomic mass is 35.5. The zero-order chi connectivity index (χ0) is 19.8. The molecule has 0 saturated carbocycles. The maximum absolute atomic E-state index is 12.7. The lowest BCUT2D eigenvalue weighted by Gasteiger charge is -2.40. The van der Waals surface area contributed by atoms with Gasteiger partial charge in [0.15, 0.2) is 18.2 Å². The maximum atomic E-state index is 12.7. The number of piperazine rings is 1. The number of nitrogens with zero attached hydrogens (tertiary/aromatic N) is 5. The van der Waals surface area contributed by atoms with Crippen LogP contribution in [-0.4, -0.2) is 89.5 Å². The molecule has 0 bridgehead atoms. The number of fused-ring (bicyclic) bond motifs is 1. The van der Waals surface area contributed by atoms with Crippen molar-refractivity contribution >= 4 is 29.5 Å². The van der Waals surface area contributed by atoms with E-state index in [1.54, 1.807) is 7.05 Å². The van der Waals surface area contributed by atoms with Crippen molar-refractivity contribution in [2.75, 3.05) is 39.8 Å². The molecule has 0 radical (unpaired) electrons. The number of rotatable bonds is 3. The zero-order valence-electron chi connectivity index (χ0n) is 16.1. The Kier molecular flexibility index (Phi) is 5.16. The number of carbonyl (C=O) groups is 2. The fourth-order valence-electron chi connectivity index (χ4n) is 4.02. The Hall–Kier alpha value is -2.32. The van der Waals surface area contributed by atoms with Crippen LogP contribution in [-0.2, 0) is 11.3 Å². The molecule has 0 spiro atoms. The second kappa shape index (κ2) is 7.60. The summed E-state index contributed by atoms with van der Waals surface area (Å²) in [6.07, 6.45) is -0.525. The van der Waals surface area contributed by atoms with Crippen molar-refractivity contribution in [2.24, 2.45) is 4.99 Å². The number of hydrogen-bond donors (Lipinski definition) is 1. The van der Waals surface area contributed by atoms with Crippen molar-refractivity contribution < 1.29 is 9.59 Å². The number of guanidine groups is 1. The van der Waals surface area contributed by atoms with Crippen molar-refractivity contribution in [3.8, 4) is 0 Å². The molecule has 2 saturated heterocycles. The number of likely N-dealkylation sites (N-methyl/N-ethyl adjacent to an activating group) is 2. The number of halogens is 1. The predicted octanol–water partition coefficient (Wildman–Crippen LogP) is 1.03. The molecule has 3 heterocycles. The van der Waals surface area contributed by atoms with Crippen LogP contribution in [0.25, 0.3) is 0 Å². The molecule has 3 aliphatic heterocycles. The summed E-state index contributed by atoms with van der Waals surface area (Å²) in [6.45, 7) is 7.22. The summed E-state index contributed by atoms with van der Waals surface area (Å²) >= 11 is 6.39. The zero-order valence-corrected chi connectivity index (χ0v) is 16.9. The van der Waals surface area contributed by atoms with E-state index in [1.807, 2.05) is 29.2 Å². The summed E-state index contributed by atoms with van der Waals surface area (Å²) in [6, 6.07) is 6.65. The molecular formula is C19H25ClN6O2. The van der Waals surface area contributed by atoms with Gasteiger partial charge >= 0.3 is 6.03 Å². The van der Waals surface area contributed by atoms with E-state index in [9.17, 15) is 9.59 Å². The molecule has 3 amide bonds. The third kappa shape index (κ3) is 3.31. The van der Waals surface area contributed by atoms with Crippen molar-refractivity contribution in [3.63, 3.8) is 0 Å². The molecule has 8 nitrogen and oxygen atoms in total. The molecule has 9 heteroatoms. The molecule has 2 unspecified atom stereocenters. The van der Waals surface area contributed by atoms with Gasteiger partial charge in [-0.3, -0.25) is 10.1 Å². The largest absolute Gasteiger partial charge is 0.340 e. The molecule has 0 aliphatic carbocycles. The fourth-order valence-corrected chi connectivity index (χ4v) is 4.21. The van der Waals surface area contributed by atoms with Crippen LogP contribution in [0.15, 0.2) is 29.3 Å². The number of imide groups is 1. The van der Waals surface area contributed by atoms with Gasteiger partial charge in [-0.05, 0) is 18.2 Å². The van der Waals surface area contributed by atoms with Gasteiger partial charge in [0.2, 0.25) is 0 Å². The predicted molar refractivity (Wildman–Crippen MR) is 107 cm³/mol. The van der Waals surface area contributed by atoms with Crippen LogP contribution in [0.4, 0.5) is 4.79 Å². The lowest BCUT2D eigenvalue weighted by atomic mass is 10.1. The van der Waals surface area contributed by atoms with Gasteiger partial charge in [0, 0.05) is 44.8 Å². The minimum atomic E-state index is -0.557. The normalized spacial score (nSPS) is 25.7. The lowest BCUT2D eigenvalue weighted by Crippen LogP contribution is -2.64. The fraction of sp³-hybridized carbons (Fsp3) is 0.526. The van der Waals surface area contributed by atoms with E-state index in [-0.39, 0.29) is 5.91 Å². The standard InChI is InChI=1S/C19H25ClN6O2/c1-3-24-8-10-25(11-9-24)18-21-16-15(17(27)22-19(28)23(16)2)26(18)12-13-6-4-5-7-14(13)20/h4-7,15-16H,3,8-12H2,1-2H3,(H,22,27,28). The van der Waals surface area contributed by atoms with Gasteiger partial charge < -0.3 is 19.6 Å². The minimum Gasteiger partial charge on any atom is -0.340 e. The molecule has 0 aromatic heterocycles. The number of benzene rings is 1. The molecule has 2 atom stereocenters. The van der Waals surface area contributed by atoms with Crippen molar-refractivity contribution in [2.45, 2.75) is 25.7 Å². The summed E-state index contributed by atoms with van der Waals surface area (Å²) in [7, 11) is 1.68. The van der Waals surface area contributed by atoms with E-state index in [2.05, 4.69) is 22.0 Å². The number of urea groups is 1. The Labute approximate surface area is 169 Å². The molecule has 28 heavy (non-hydrogen) atoms. The van der Waals surface area contributed by atoms with Crippen molar-refractivity contribution in [1.29, 1.82) is 0 Å². The molecule has 1 aromatic carbocycles. The summed E-state index contributed by atoms with van der Waals surface area (Å²) in [5.41, 5.74) is 0.928. The van der Waals surface area contributed by atoms with E-state index < -0.39 is 18.2 Å². The quantitative estimate of drug-likeness (QED) is 0.814. The summed E-state index contributed by atoms with van der Waals surface area (Å²) in [4.78, 5) is 37.7. The maximum Gasteiger partial charge on any atom is 0.325 e. The summed E-state index contributed by atoms with van der Waals surface area (Å²) < 4.78 is 0. The topological polar surface area (TPSA) is 71.5 Å². The molecule has 150 valence electrons. The van der Waals surface area contributed by atoms with Gasteiger partial charge in [0.05, 0.1) is 0 Å². The second-order valence-electron chi connectivity index (χ2n) is 7.33. The van der Waals surface area contributed by atoms with Crippen LogP contribution >= 0.6 is 11.6 Å². The van der Waals surface area contributed by atoms with Crippen LogP contribution in [0.3, 0.4) is 0 Å². The third-order valence-electron chi connectivity index (χ3n) is 5.74. The van der Waals surface area contributed by atoms with Crippen LogP contribution < -0.4 is 5.32 Å². The first-order valence-corrected chi connectivity index (χ1v) is 10.00. The Morgan fingerprint density at radius 1 is 1.18 bits per heavy atom. The SMILES string of the molecule is CCN1CCN(C2=NC3C(C(=O)NC(=O)N3C)N2Cc2ccccc2Cl)CC1. The highest BCUT2D eigenvalue weighted by Gasteiger charge is 2.49. The van der Waals surface area contributed by atoms with Crippen molar-refractivity contribution in [1.82, 2.24) is 24.9 Å². The average Bonchev–Trinajstić information content (AvgIpc) is 3.08. The monoisotopic (exact) mass is 404 g/mol. The second-order valence-corrected chi connectivity index (χ2v) is 7.74. The number of hydrogen-bond acceptors (Lipinski definition) is 6. The van der Waals surface area contributed by atoms with Gasteiger partial charge in [0.1, 0.15) is 0 Å². The smallest absolute Gasteiger partial charge is 0.325 e. The van der Waals surface area contributed by atoms with E-state index in [0.717, 1.165) is 44.2 Å². The first-order chi connectivity index (χ1) is 13.5. The van der Waals surface area contributed by atoms with Crippen LogP contribution in [0.2, 0.25) is 5.02 Å². The highest BCUT2D eigenvalue weighted by molar-refractivity contribution is 6.31. The first-order valence-electron chi connectivity index (χ1n) is 9.62. The van der Waals surface area contributed by atoms with Crippen molar-refractivity contribution in [3.05, 3.63) is 34.9 Å². The van der Waals surface area contributed by atoms with Crippen LogP contribution in [0.1, 0.15) is 12.5 Å². The summed E-state index contributed by atoms with van der Waals surface area (Å²) in [5, 5.41) is 3.10. The number of amides is 3. The van der Waals surface area contributed by atoms with E-state index in [0.29, 0.717) is 11.6 Å². The Morgan fingerprint density at radius 2 is 1.89 bits per heavy atom. The number of nitrogens with one attached hydrogen (secondary N) is 1. The molecule has 1 aromatic rings. The Morgan fingerprint density at radius 3 is 2.57 bits per heavy atom. The molecule has 1 N–H and O–H groups in total. The van der Waals surface area contributed by atoms with Gasteiger partial charge in [0.25, 0.3) is 5.91 Å². The molecular weight excluding hydrogens is 380 g/mol. The average molecular weight is 405 g/mol. The van der Waals surface area contributed by atoms with E-state index >= 15 is 0 Å². The Balaban J connectivity index is 1.65. The van der Waals surface area contributed by atoms with Gasteiger partial charge in [-0.15, -0.1) is 0 Å². The van der Waals surface area contributed by atoms with Gasteiger partial charge in [-0.25, -0.2) is 9.79 Å². The highest BCUT2D eigenvalue weighted by Crippen LogP contribution is 2.29. The summed E-state index contributed by atoms with van der Waals surface area (Å²) in [5.74, 6) is 0.452. The molecule has 2 fully saturated rings. The van der Waals surface area contributed by atoms with E-state index in [1.165, 1.54) is 4.90 Å². The van der Waals surface area contributed by atoms with Gasteiger partial charge in [-0.1, -0.05) is 36.7 Å². The minimum absolute atomic E-state index is 0.314. The number of aliphatic imine (C=N–C) groups is 1. The molecule has 3 aliphatic rings. The van der Waals surface area contributed by atoms with Gasteiger partial charge in [-0.2, -0.15) is 0 Å². The Bertz CT molecular complexity index is 807. The van der Waals surface area contributed by atoms with E-state index in [4.69, 9.17) is 16.6 Å². The molecule has 4 rings (SSSR count). The van der Waals surface area contributed by atoms with Crippen LogP contribution in [0, 0.1) is 0 Å². The van der Waals surface area contributed by atoms with Crippen LogP contribution in [0.5, 0.6) is 0 Å². The third-order valence-corrected chi connectivity index (χ3v) is 6.11. The first kappa shape index (κ1) is 19.0. The number of carbonyl (C=O) groups excluding carboxylic acids is 2. The lowest BCUT2D eigenvalue weighted by molar-refractivity contribution is -0.127.